The van der Waals surface area contributed by atoms with Crippen LogP contribution in [0.1, 0.15) is 34.1 Å². The van der Waals surface area contributed by atoms with Crippen LogP contribution in [0.4, 0.5) is 0 Å². The maximum Gasteiger partial charge on any atom is 0.0751 e. The van der Waals surface area contributed by atoms with Crippen molar-refractivity contribution < 1.29 is 5.21 Å². The highest BCUT2D eigenvalue weighted by molar-refractivity contribution is 5.82. The number of rotatable bonds is 4. The summed E-state index contributed by atoms with van der Waals surface area (Å²) in [7, 11) is 0. The van der Waals surface area contributed by atoms with Crippen molar-refractivity contribution in [3.05, 3.63) is 23.5 Å². The van der Waals surface area contributed by atoms with Crippen LogP contribution in [0.5, 0.6) is 0 Å². The van der Waals surface area contributed by atoms with E-state index in [1.807, 2.05) is 0 Å². The van der Waals surface area contributed by atoms with E-state index in [1.54, 1.807) is 6.08 Å². The predicted molar refractivity (Wildman–Crippen MR) is 68.1 cm³/mol. The standard InChI is InChI=1S/C12H23N3O/c1-5-10(12(2,3)4)11(14)9(6-7-13)8-15-16/h6-8,10,16H,5,13-14H2,1-4H3/b7-6-,11-9-,15-8+. The molecule has 4 heteroatoms. The first-order valence-electron chi connectivity index (χ1n) is 5.43. The van der Waals surface area contributed by atoms with Gasteiger partial charge in [-0.25, -0.2) is 0 Å². The quantitative estimate of drug-likeness (QED) is 0.297. The normalized spacial score (nSPS) is 16.8. The van der Waals surface area contributed by atoms with Gasteiger partial charge < -0.3 is 16.7 Å². The summed E-state index contributed by atoms with van der Waals surface area (Å²) < 4.78 is 0. The fourth-order valence-corrected chi connectivity index (χ4v) is 1.88. The van der Waals surface area contributed by atoms with Gasteiger partial charge in [-0.1, -0.05) is 32.9 Å². The van der Waals surface area contributed by atoms with Crippen molar-refractivity contribution in [1.29, 1.82) is 0 Å². The number of hydrogen-bond acceptors (Lipinski definition) is 4. The Balaban J connectivity index is 5.35. The van der Waals surface area contributed by atoms with Gasteiger partial charge in [0.05, 0.1) is 6.21 Å². The lowest BCUT2D eigenvalue weighted by Crippen LogP contribution is -2.27. The van der Waals surface area contributed by atoms with Gasteiger partial charge in [-0.15, -0.1) is 0 Å². The maximum atomic E-state index is 8.57. The molecule has 0 radical (unpaired) electrons. The van der Waals surface area contributed by atoms with Crippen molar-refractivity contribution in [3.8, 4) is 0 Å². The Labute approximate surface area is 97.7 Å². The molecule has 1 unspecified atom stereocenters. The summed E-state index contributed by atoms with van der Waals surface area (Å²) >= 11 is 0. The average Bonchev–Trinajstić information content (AvgIpc) is 2.16. The highest BCUT2D eigenvalue weighted by atomic mass is 16.4. The maximum absolute atomic E-state index is 8.57. The Morgan fingerprint density at radius 1 is 1.44 bits per heavy atom. The van der Waals surface area contributed by atoms with Crippen molar-refractivity contribution in [2.45, 2.75) is 34.1 Å². The van der Waals surface area contributed by atoms with Gasteiger partial charge >= 0.3 is 0 Å². The van der Waals surface area contributed by atoms with E-state index in [0.29, 0.717) is 11.3 Å². The van der Waals surface area contributed by atoms with Gasteiger partial charge in [-0.3, -0.25) is 0 Å². The zero-order valence-corrected chi connectivity index (χ0v) is 10.6. The molecule has 4 nitrogen and oxygen atoms in total. The van der Waals surface area contributed by atoms with Gasteiger partial charge in [-0.05, 0) is 24.1 Å². The van der Waals surface area contributed by atoms with Gasteiger partial charge in [-0.2, -0.15) is 0 Å². The second-order valence-corrected chi connectivity index (χ2v) is 4.84. The molecule has 0 bridgehead atoms. The van der Waals surface area contributed by atoms with Crippen molar-refractivity contribution >= 4 is 6.21 Å². The van der Waals surface area contributed by atoms with E-state index in [2.05, 4.69) is 32.9 Å². The minimum absolute atomic E-state index is 0.0653. The highest BCUT2D eigenvalue weighted by Gasteiger charge is 2.26. The molecule has 0 rings (SSSR count). The monoisotopic (exact) mass is 225 g/mol. The molecule has 0 saturated carbocycles. The Morgan fingerprint density at radius 2 is 2.00 bits per heavy atom. The molecule has 0 aliphatic carbocycles. The largest absolute Gasteiger partial charge is 0.411 e. The van der Waals surface area contributed by atoms with Crippen LogP contribution >= 0.6 is 0 Å². The summed E-state index contributed by atoms with van der Waals surface area (Å²) in [5.41, 5.74) is 12.9. The van der Waals surface area contributed by atoms with E-state index in [1.165, 1.54) is 12.4 Å². The van der Waals surface area contributed by atoms with E-state index in [-0.39, 0.29) is 11.3 Å². The zero-order chi connectivity index (χ0) is 12.8. The summed E-state index contributed by atoms with van der Waals surface area (Å²) in [5.74, 6) is 0.219. The number of nitrogens with zero attached hydrogens (tertiary/aromatic N) is 1. The lowest BCUT2D eigenvalue weighted by atomic mass is 9.76. The molecule has 1 atom stereocenters. The van der Waals surface area contributed by atoms with Gasteiger partial charge in [0.25, 0.3) is 0 Å². The summed E-state index contributed by atoms with van der Waals surface area (Å²) in [6.45, 7) is 8.48. The number of allylic oxidation sites excluding steroid dienone is 3. The molecule has 0 spiro atoms. The third kappa shape index (κ3) is 3.96. The van der Waals surface area contributed by atoms with Crippen molar-refractivity contribution in [2.24, 2.45) is 28.0 Å². The van der Waals surface area contributed by atoms with E-state index in [0.717, 1.165) is 6.42 Å². The second-order valence-electron chi connectivity index (χ2n) is 4.84. The summed E-state index contributed by atoms with van der Waals surface area (Å²) in [4.78, 5) is 0. The first-order chi connectivity index (χ1) is 7.38. The van der Waals surface area contributed by atoms with Crippen molar-refractivity contribution in [2.75, 3.05) is 0 Å². The summed E-state index contributed by atoms with van der Waals surface area (Å²) in [6.07, 6.45) is 5.27. The molecule has 0 amide bonds. The highest BCUT2D eigenvalue weighted by Crippen LogP contribution is 2.33. The van der Waals surface area contributed by atoms with Gasteiger partial charge in [0.15, 0.2) is 0 Å². The molecule has 0 fully saturated rings. The predicted octanol–water partition coefficient (Wildman–Crippen LogP) is 2.20. The molecule has 0 saturated heterocycles. The third-order valence-corrected chi connectivity index (χ3v) is 2.63. The van der Waals surface area contributed by atoms with Crippen LogP contribution in [-0.4, -0.2) is 11.4 Å². The molecular formula is C12H23N3O. The summed E-state index contributed by atoms with van der Waals surface area (Å²) in [5, 5.41) is 11.6. The lowest BCUT2D eigenvalue weighted by Gasteiger charge is -2.31. The lowest BCUT2D eigenvalue weighted by molar-refractivity contribution is 0.269. The fraction of sp³-hybridized carbons (Fsp3) is 0.583. The first-order valence-corrected chi connectivity index (χ1v) is 5.43. The van der Waals surface area contributed by atoms with Crippen LogP contribution in [0.3, 0.4) is 0 Å². The molecule has 0 aliphatic heterocycles. The molecule has 0 aliphatic rings. The van der Waals surface area contributed by atoms with Crippen LogP contribution in [0, 0.1) is 11.3 Å². The van der Waals surface area contributed by atoms with Gasteiger partial charge in [0, 0.05) is 17.2 Å². The molecule has 0 aromatic carbocycles. The minimum atomic E-state index is 0.0653. The molecular weight excluding hydrogens is 202 g/mol. The molecule has 16 heavy (non-hydrogen) atoms. The van der Waals surface area contributed by atoms with Crippen LogP contribution in [0.15, 0.2) is 28.7 Å². The molecule has 0 aromatic heterocycles. The van der Waals surface area contributed by atoms with E-state index >= 15 is 0 Å². The topological polar surface area (TPSA) is 84.6 Å². The SMILES string of the molecule is CCC(/C(N)=C(\C=C/N)/C=N/O)C(C)(C)C. The second kappa shape index (κ2) is 6.20. The third-order valence-electron chi connectivity index (χ3n) is 2.63. The Bertz CT molecular complexity index is 284. The number of nitrogens with two attached hydrogens (primary N) is 2. The summed E-state index contributed by atoms with van der Waals surface area (Å²) in [6, 6.07) is 0. The molecule has 5 N–H and O–H groups in total. The first kappa shape index (κ1) is 14.6. The van der Waals surface area contributed by atoms with E-state index in [4.69, 9.17) is 16.7 Å². The minimum Gasteiger partial charge on any atom is -0.411 e. The van der Waals surface area contributed by atoms with Crippen LogP contribution < -0.4 is 11.5 Å². The Morgan fingerprint density at radius 3 is 2.31 bits per heavy atom. The average molecular weight is 225 g/mol. The Kier molecular flexibility index (Phi) is 5.64. The van der Waals surface area contributed by atoms with Gasteiger partial charge in [0.1, 0.15) is 0 Å². The smallest absolute Gasteiger partial charge is 0.0751 e. The van der Waals surface area contributed by atoms with Crippen molar-refractivity contribution in [3.63, 3.8) is 0 Å². The van der Waals surface area contributed by atoms with Crippen LogP contribution in [-0.2, 0) is 0 Å². The van der Waals surface area contributed by atoms with E-state index in [9.17, 15) is 0 Å². The molecule has 0 aromatic rings. The van der Waals surface area contributed by atoms with E-state index < -0.39 is 0 Å². The van der Waals surface area contributed by atoms with Crippen LogP contribution in [0.2, 0.25) is 0 Å². The van der Waals surface area contributed by atoms with Gasteiger partial charge in [0.2, 0.25) is 0 Å². The molecule has 92 valence electrons. The van der Waals surface area contributed by atoms with Crippen molar-refractivity contribution in [1.82, 2.24) is 0 Å². The zero-order valence-electron chi connectivity index (χ0n) is 10.6. The Hall–Kier alpha value is -1.45. The fourth-order valence-electron chi connectivity index (χ4n) is 1.88. The number of oxime groups is 1. The number of hydrogen-bond donors (Lipinski definition) is 3. The molecule has 0 heterocycles. The van der Waals surface area contributed by atoms with Crippen LogP contribution in [0.25, 0.3) is 0 Å².